The van der Waals surface area contributed by atoms with Gasteiger partial charge in [-0.1, -0.05) is 12.1 Å². The molecule has 8 nitrogen and oxygen atoms in total. The molecule has 0 atom stereocenters. The molecule has 1 aliphatic rings. The van der Waals surface area contributed by atoms with E-state index in [1.807, 2.05) is 30.3 Å². The van der Waals surface area contributed by atoms with E-state index in [4.69, 9.17) is 16.6 Å². The van der Waals surface area contributed by atoms with Crippen molar-refractivity contribution in [2.24, 2.45) is 11.6 Å². The van der Waals surface area contributed by atoms with Crippen LogP contribution in [-0.4, -0.2) is 29.7 Å². The summed E-state index contributed by atoms with van der Waals surface area (Å²) in [5.74, 6) is 6.02. The molecule has 0 amide bonds. The van der Waals surface area contributed by atoms with E-state index >= 15 is 0 Å². The van der Waals surface area contributed by atoms with Crippen LogP contribution in [0.25, 0.3) is 11.3 Å². The summed E-state index contributed by atoms with van der Waals surface area (Å²) >= 11 is 0. The van der Waals surface area contributed by atoms with Crippen molar-refractivity contribution in [3.8, 4) is 11.3 Å². The molecular formula is C22H28N8. The number of piperidine rings is 1. The number of nitrogens with one attached hydrogen (secondary N) is 2. The summed E-state index contributed by atoms with van der Waals surface area (Å²) in [5, 5.41) is 4.90. The number of nitrogens with zero attached hydrogens (tertiary/aromatic N) is 4. The predicted octanol–water partition coefficient (Wildman–Crippen LogP) is 2.98. The zero-order valence-corrected chi connectivity index (χ0v) is 17.0. The zero-order chi connectivity index (χ0) is 20.8. The fourth-order valence-corrected chi connectivity index (χ4v) is 3.68. The number of hydrazine groups is 2. The molecule has 2 heterocycles. The van der Waals surface area contributed by atoms with Crippen molar-refractivity contribution in [2.75, 3.05) is 35.0 Å². The minimum absolute atomic E-state index is 0.269. The van der Waals surface area contributed by atoms with Gasteiger partial charge in [0.1, 0.15) is 0 Å². The van der Waals surface area contributed by atoms with Crippen LogP contribution in [-0.2, 0) is 0 Å². The summed E-state index contributed by atoms with van der Waals surface area (Å²) in [6.07, 6.45) is 5.62. The van der Waals surface area contributed by atoms with E-state index in [0.29, 0.717) is 5.95 Å². The first kappa shape index (κ1) is 20.1. The highest BCUT2D eigenvalue weighted by Gasteiger charge is 2.12. The number of nitrogens with two attached hydrogens (primary N) is 2. The standard InChI is InChI=1S/C22H28N8/c23-16-30(28-24)19-9-7-18(8-10-19)26-22-25-12-11-21(27-22)17-5-4-6-20(15-17)29-13-2-1-3-14-29/h4-12,15,28H,1-3,13-14,16,23-24H2,(H,25,26,27). The first-order valence-electron chi connectivity index (χ1n) is 10.3. The number of anilines is 4. The molecule has 1 fully saturated rings. The van der Waals surface area contributed by atoms with Crippen LogP contribution in [0.15, 0.2) is 60.8 Å². The van der Waals surface area contributed by atoms with Gasteiger partial charge in [-0.3, -0.25) is 10.9 Å². The number of rotatable bonds is 7. The Labute approximate surface area is 176 Å². The van der Waals surface area contributed by atoms with Crippen LogP contribution in [0.5, 0.6) is 0 Å². The molecule has 1 aliphatic heterocycles. The fraction of sp³-hybridized carbons (Fsp3) is 0.273. The minimum Gasteiger partial charge on any atom is -0.372 e. The number of aromatic nitrogens is 2. The first-order chi connectivity index (χ1) is 14.8. The molecule has 1 saturated heterocycles. The van der Waals surface area contributed by atoms with Crippen LogP contribution in [0.3, 0.4) is 0 Å². The van der Waals surface area contributed by atoms with Gasteiger partial charge >= 0.3 is 0 Å². The normalized spacial score (nSPS) is 13.9. The van der Waals surface area contributed by atoms with E-state index < -0.39 is 0 Å². The van der Waals surface area contributed by atoms with Crippen molar-refractivity contribution >= 4 is 23.0 Å². The molecule has 0 aliphatic carbocycles. The molecule has 2 aromatic carbocycles. The second-order valence-electron chi connectivity index (χ2n) is 7.28. The van der Waals surface area contributed by atoms with Crippen LogP contribution in [0, 0.1) is 0 Å². The minimum atomic E-state index is 0.269. The van der Waals surface area contributed by atoms with Crippen LogP contribution < -0.4 is 32.3 Å². The second kappa shape index (κ2) is 9.53. The SMILES string of the molecule is NCN(NN)c1ccc(Nc2nccc(-c3cccc(N4CCCCC4)c3)n2)cc1. The predicted molar refractivity (Wildman–Crippen MR) is 122 cm³/mol. The summed E-state index contributed by atoms with van der Waals surface area (Å²) in [6, 6.07) is 18.2. The van der Waals surface area contributed by atoms with Crippen LogP contribution >= 0.6 is 0 Å². The Morgan fingerprint density at radius 2 is 1.80 bits per heavy atom. The van der Waals surface area contributed by atoms with Crippen molar-refractivity contribution in [1.29, 1.82) is 0 Å². The molecule has 4 rings (SSSR count). The van der Waals surface area contributed by atoms with Crippen molar-refractivity contribution in [3.63, 3.8) is 0 Å². The Balaban J connectivity index is 1.50. The second-order valence-corrected chi connectivity index (χ2v) is 7.28. The highest BCUT2D eigenvalue weighted by atomic mass is 15.6. The van der Waals surface area contributed by atoms with Gasteiger partial charge in [0.2, 0.25) is 5.95 Å². The molecule has 0 bridgehead atoms. The summed E-state index contributed by atoms with van der Waals surface area (Å²) in [5.41, 5.74) is 13.2. The molecule has 0 saturated carbocycles. The lowest BCUT2D eigenvalue weighted by Gasteiger charge is -2.29. The maximum absolute atomic E-state index is 5.65. The van der Waals surface area contributed by atoms with Crippen LogP contribution in [0.4, 0.5) is 23.0 Å². The lowest BCUT2D eigenvalue weighted by Crippen LogP contribution is -2.46. The maximum atomic E-state index is 5.65. The molecule has 8 heteroatoms. The molecule has 6 N–H and O–H groups in total. The summed E-state index contributed by atoms with van der Waals surface area (Å²) in [6.45, 7) is 2.51. The maximum Gasteiger partial charge on any atom is 0.227 e. The Kier molecular flexibility index (Phi) is 6.38. The lowest BCUT2D eigenvalue weighted by molar-refractivity contribution is 0.578. The molecule has 0 unspecified atom stereocenters. The highest BCUT2D eigenvalue weighted by molar-refractivity contribution is 5.67. The van der Waals surface area contributed by atoms with Crippen LogP contribution in [0.2, 0.25) is 0 Å². The van der Waals surface area contributed by atoms with Gasteiger partial charge in [-0.2, -0.15) is 5.53 Å². The molecule has 156 valence electrons. The topological polar surface area (TPSA) is 108 Å². The van der Waals surface area contributed by atoms with Gasteiger partial charge in [-0.15, -0.1) is 0 Å². The van der Waals surface area contributed by atoms with Crippen molar-refractivity contribution in [1.82, 2.24) is 15.5 Å². The van der Waals surface area contributed by atoms with E-state index in [9.17, 15) is 0 Å². The van der Waals surface area contributed by atoms with Crippen LogP contribution in [0.1, 0.15) is 19.3 Å². The third-order valence-corrected chi connectivity index (χ3v) is 5.29. The third-order valence-electron chi connectivity index (χ3n) is 5.29. The van der Waals surface area contributed by atoms with Gasteiger partial charge in [-0.25, -0.2) is 9.97 Å². The Bertz CT molecular complexity index is 949. The Morgan fingerprint density at radius 3 is 2.53 bits per heavy atom. The van der Waals surface area contributed by atoms with E-state index in [0.717, 1.165) is 35.7 Å². The number of hydrogen-bond donors (Lipinski definition) is 4. The Hall–Kier alpha value is -3.20. The first-order valence-corrected chi connectivity index (χ1v) is 10.3. The molecule has 30 heavy (non-hydrogen) atoms. The third kappa shape index (κ3) is 4.68. The molecule has 3 aromatic rings. The van der Waals surface area contributed by atoms with Gasteiger partial charge in [0.05, 0.1) is 18.1 Å². The largest absolute Gasteiger partial charge is 0.372 e. The highest BCUT2D eigenvalue weighted by Crippen LogP contribution is 2.26. The average molecular weight is 405 g/mol. The molecule has 1 aromatic heterocycles. The van der Waals surface area contributed by atoms with Crippen molar-refractivity contribution < 1.29 is 0 Å². The van der Waals surface area contributed by atoms with E-state index in [1.54, 1.807) is 11.2 Å². The van der Waals surface area contributed by atoms with Gasteiger partial charge in [0.15, 0.2) is 0 Å². The quantitative estimate of drug-likeness (QED) is 0.270. The van der Waals surface area contributed by atoms with Crippen molar-refractivity contribution in [2.45, 2.75) is 19.3 Å². The van der Waals surface area contributed by atoms with E-state index in [-0.39, 0.29) is 6.67 Å². The van der Waals surface area contributed by atoms with Gasteiger partial charge in [-0.05, 0) is 61.7 Å². The van der Waals surface area contributed by atoms with Gasteiger partial charge in [0, 0.05) is 36.2 Å². The zero-order valence-electron chi connectivity index (χ0n) is 17.0. The molecule has 0 spiro atoms. The van der Waals surface area contributed by atoms with E-state index in [1.165, 1.54) is 24.9 Å². The number of hydrogen-bond acceptors (Lipinski definition) is 8. The fourth-order valence-electron chi connectivity index (χ4n) is 3.68. The smallest absolute Gasteiger partial charge is 0.227 e. The summed E-state index contributed by atoms with van der Waals surface area (Å²) in [7, 11) is 0. The molecule has 0 radical (unpaired) electrons. The summed E-state index contributed by atoms with van der Waals surface area (Å²) < 4.78 is 0. The molecular weight excluding hydrogens is 376 g/mol. The average Bonchev–Trinajstić information content (AvgIpc) is 2.82. The van der Waals surface area contributed by atoms with Gasteiger partial charge < -0.3 is 16.0 Å². The summed E-state index contributed by atoms with van der Waals surface area (Å²) in [4.78, 5) is 11.5. The van der Waals surface area contributed by atoms with Crippen molar-refractivity contribution in [3.05, 3.63) is 60.8 Å². The monoisotopic (exact) mass is 404 g/mol. The van der Waals surface area contributed by atoms with E-state index in [2.05, 4.69) is 45.0 Å². The Morgan fingerprint density at radius 1 is 1.00 bits per heavy atom. The van der Waals surface area contributed by atoms with Gasteiger partial charge in [0.25, 0.3) is 0 Å². The number of benzene rings is 2. The lowest BCUT2D eigenvalue weighted by atomic mass is 10.1.